The van der Waals surface area contributed by atoms with Gasteiger partial charge >= 0.3 is 0 Å². The van der Waals surface area contributed by atoms with E-state index in [1.165, 1.54) is 6.07 Å². The highest BCUT2D eigenvalue weighted by Crippen LogP contribution is 2.37. The number of rotatable bonds is 2. The zero-order valence-electron chi connectivity index (χ0n) is 11.2. The van der Waals surface area contributed by atoms with Crippen molar-refractivity contribution in [1.82, 2.24) is 4.90 Å². The van der Waals surface area contributed by atoms with Crippen molar-refractivity contribution < 1.29 is 9.18 Å². The summed E-state index contributed by atoms with van der Waals surface area (Å²) >= 11 is 3.12. The summed E-state index contributed by atoms with van der Waals surface area (Å²) in [6, 6.07) is 5.09. The Morgan fingerprint density at radius 3 is 2.90 bits per heavy atom. The molecule has 3 atom stereocenters. The van der Waals surface area contributed by atoms with Gasteiger partial charge in [-0.2, -0.15) is 0 Å². The lowest BCUT2D eigenvalue weighted by atomic mass is 9.98. The van der Waals surface area contributed by atoms with Gasteiger partial charge in [0.2, 0.25) is 5.91 Å². The van der Waals surface area contributed by atoms with Gasteiger partial charge in [-0.05, 0) is 58.3 Å². The zero-order valence-corrected chi connectivity index (χ0v) is 12.8. The molecule has 3 nitrogen and oxygen atoms in total. The number of amides is 1. The van der Waals surface area contributed by atoms with Gasteiger partial charge in [-0.25, -0.2) is 4.39 Å². The lowest BCUT2D eigenvalue weighted by Crippen LogP contribution is -2.34. The first-order valence-corrected chi connectivity index (χ1v) is 7.81. The first kappa shape index (κ1) is 14.0. The standard InChI is InChI=1S/C15H18BrFN2O/c16-12-3-1-9(5-13(12)17)6-15(20)19-7-10-2-4-14(18)11(10)8-19/h1,3,5,10-11,14H,2,4,6-8,18H2. The molecular formula is C15H18BrFN2O. The molecule has 5 heteroatoms. The molecule has 0 radical (unpaired) electrons. The van der Waals surface area contributed by atoms with Gasteiger partial charge in [-0.1, -0.05) is 6.07 Å². The molecule has 1 aromatic rings. The van der Waals surface area contributed by atoms with E-state index in [4.69, 9.17) is 5.73 Å². The number of fused-ring (bicyclic) bond motifs is 1. The lowest BCUT2D eigenvalue weighted by molar-refractivity contribution is -0.129. The van der Waals surface area contributed by atoms with E-state index < -0.39 is 0 Å². The van der Waals surface area contributed by atoms with Gasteiger partial charge < -0.3 is 10.6 Å². The van der Waals surface area contributed by atoms with E-state index in [9.17, 15) is 9.18 Å². The van der Waals surface area contributed by atoms with Crippen LogP contribution < -0.4 is 5.73 Å². The van der Waals surface area contributed by atoms with Crippen molar-refractivity contribution in [3.8, 4) is 0 Å². The Labute approximate surface area is 126 Å². The number of nitrogens with zero attached hydrogens (tertiary/aromatic N) is 1. The topological polar surface area (TPSA) is 46.3 Å². The van der Waals surface area contributed by atoms with Gasteiger partial charge in [-0.15, -0.1) is 0 Å². The van der Waals surface area contributed by atoms with Gasteiger partial charge in [-0.3, -0.25) is 4.79 Å². The summed E-state index contributed by atoms with van der Waals surface area (Å²) in [6.07, 6.45) is 2.47. The fourth-order valence-corrected chi connectivity index (χ4v) is 3.69. The third-order valence-corrected chi connectivity index (χ3v) is 5.25. The smallest absolute Gasteiger partial charge is 0.227 e. The van der Waals surface area contributed by atoms with Crippen LogP contribution in [0.15, 0.2) is 22.7 Å². The van der Waals surface area contributed by atoms with Crippen molar-refractivity contribution in [2.75, 3.05) is 13.1 Å². The summed E-state index contributed by atoms with van der Waals surface area (Å²) in [4.78, 5) is 14.2. The first-order chi connectivity index (χ1) is 9.54. The predicted molar refractivity (Wildman–Crippen MR) is 78.6 cm³/mol. The molecule has 1 saturated carbocycles. The second-order valence-electron chi connectivity index (χ2n) is 5.89. The zero-order chi connectivity index (χ0) is 14.3. The van der Waals surface area contributed by atoms with E-state index in [2.05, 4.69) is 15.9 Å². The number of halogens is 2. The average Bonchev–Trinajstić information content (AvgIpc) is 2.97. The quantitative estimate of drug-likeness (QED) is 0.898. The molecular weight excluding hydrogens is 323 g/mol. The first-order valence-electron chi connectivity index (χ1n) is 7.02. The Hall–Kier alpha value is -0.940. The predicted octanol–water partition coefficient (Wildman–Crippen LogP) is 2.33. The third kappa shape index (κ3) is 2.61. The molecule has 0 bridgehead atoms. The molecule has 1 aliphatic carbocycles. The van der Waals surface area contributed by atoms with Gasteiger partial charge in [0.1, 0.15) is 5.82 Å². The van der Waals surface area contributed by atoms with Crippen LogP contribution in [0.1, 0.15) is 18.4 Å². The Balaban J connectivity index is 1.64. The van der Waals surface area contributed by atoms with Crippen LogP contribution >= 0.6 is 15.9 Å². The van der Waals surface area contributed by atoms with E-state index in [1.54, 1.807) is 12.1 Å². The molecule has 3 rings (SSSR count). The maximum absolute atomic E-state index is 13.5. The van der Waals surface area contributed by atoms with Crippen LogP contribution in [0.4, 0.5) is 4.39 Å². The van der Waals surface area contributed by atoms with Gasteiger partial charge in [0.25, 0.3) is 0 Å². The maximum Gasteiger partial charge on any atom is 0.227 e. The Kier molecular flexibility index (Phi) is 3.82. The van der Waals surface area contributed by atoms with E-state index in [1.807, 2.05) is 4.90 Å². The summed E-state index contributed by atoms with van der Waals surface area (Å²) in [7, 11) is 0. The second-order valence-corrected chi connectivity index (χ2v) is 6.74. The Morgan fingerprint density at radius 1 is 1.40 bits per heavy atom. The minimum atomic E-state index is -0.324. The summed E-state index contributed by atoms with van der Waals surface area (Å²) in [5.74, 6) is 0.778. The van der Waals surface area contributed by atoms with Crippen LogP contribution in [0.5, 0.6) is 0 Å². The molecule has 1 aromatic carbocycles. The van der Waals surface area contributed by atoms with Crippen LogP contribution in [-0.2, 0) is 11.2 Å². The molecule has 1 aliphatic heterocycles. The van der Waals surface area contributed by atoms with E-state index >= 15 is 0 Å². The molecule has 108 valence electrons. The Bertz CT molecular complexity index is 537. The summed E-state index contributed by atoms with van der Waals surface area (Å²) in [6.45, 7) is 1.58. The molecule has 20 heavy (non-hydrogen) atoms. The number of likely N-dealkylation sites (tertiary alicyclic amines) is 1. The number of carbonyl (C=O) groups is 1. The van der Waals surface area contributed by atoms with Gasteiger partial charge in [0, 0.05) is 19.1 Å². The second kappa shape index (κ2) is 5.45. The van der Waals surface area contributed by atoms with Crippen molar-refractivity contribution in [3.63, 3.8) is 0 Å². The molecule has 3 unspecified atom stereocenters. The van der Waals surface area contributed by atoms with Crippen LogP contribution in [0, 0.1) is 17.7 Å². The highest BCUT2D eigenvalue weighted by atomic mass is 79.9. The van der Waals surface area contributed by atoms with Crippen LogP contribution in [-0.4, -0.2) is 29.9 Å². The number of nitrogens with two attached hydrogens (primary N) is 1. The number of carbonyl (C=O) groups excluding carboxylic acids is 1. The Morgan fingerprint density at radius 2 is 2.20 bits per heavy atom. The molecule has 1 saturated heterocycles. The van der Waals surface area contributed by atoms with Gasteiger partial charge in [0.15, 0.2) is 0 Å². The maximum atomic E-state index is 13.5. The number of benzene rings is 1. The van der Waals surface area contributed by atoms with E-state index in [0.717, 1.165) is 31.5 Å². The molecule has 0 aromatic heterocycles. The molecule has 2 aliphatic rings. The monoisotopic (exact) mass is 340 g/mol. The normalized spacial score (nSPS) is 28.8. The van der Waals surface area contributed by atoms with E-state index in [-0.39, 0.29) is 24.2 Å². The number of hydrogen-bond acceptors (Lipinski definition) is 2. The summed E-state index contributed by atoms with van der Waals surface area (Å²) < 4.78 is 13.9. The van der Waals surface area contributed by atoms with Crippen LogP contribution in [0.3, 0.4) is 0 Å². The largest absolute Gasteiger partial charge is 0.342 e. The summed E-state index contributed by atoms with van der Waals surface area (Å²) in [5, 5.41) is 0. The lowest BCUT2D eigenvalue weighted by Gasteiger charge is -2.19. The summed E-state index contributed by atoms with van der Waals surface area (Å²) in [5.41, 5.74) is 6.80. The fourth-order valence-electron chi connectivity index (χ4n) is 3.45. The third-order valence-electron chi connectivity index (χ3n) is 4.60. The highest BCUT2D eigenvalue weighted by molar-refractivity contribution is 9.10. The van der Waals surface area contributed by atoms with E-state index in [0.29, 0.717) is 16.3 Å². The molecule has 0 spiro atoms. The van der Waals surface area contributed by atoms with Crippen molar-refractivity contribution in [3.05, 3.63) is 34.1 Å². The molecule has 1 amide bonds. The van der Waals surface area contributed by atoms with Gasteiger partial charge in [0.05, 0.1) is 10.9 Å². The van der Waals surface area contributed by atoms with Crippen LogP contribution in [0.25, 0.3) is 0 Å². The number of hydrogen-bond donors (Lipinski definition) is 1. The van der Waals surface area contributed by atoms with Crippen molar-refractivity contribution in [2.45, 2.75) is 25.3 Å². The van der Waals surface area contributed by atoms with Crippen molar-refractivity contribution in [2.24, 2.45) is 17.6 Å². The minimum Gasteiger partial charge on any atom is -0.342 e. The highest BCUT2D eigenvalue weighted by Gasteiger charge is 2.42. The molecule has 1 heterocycles. The van der Waals surface area contributed by atoms with Crippen molar-refractivity contribution in [1.29, 1.82) is 0 Å². The molecule has 2 fully saturated rings. The minimum absolute atomic E-state index is 0.0772. The molecule has 2 N–H and O–H groups in total. The fraction of sp³-hybridized carbons (Fsp3) is 0.533. The SMILES string of the molecule is NC1CCC2CN(C(=O)Cc3ccc(Br)c(F)c3)CC12. The van der Waals surface area contributed by atoms with Crippen molar-refractivity contribution >= 4 is 21.8 Å². The average molecular weight is 341 g/mol. The van der Waals surface area contributed by atoms with Crippen LogP contribution in [0.2, 0.25) is 0 Å².